The van der Waals surface area contributed by atoms with Crippen molar-refractivity contribution >= 4 is 11.9 Å². The second-order valence-corrected chi connectivity index (χ2v) is 6.88. The van der Waals surface area contributed by atoms with Gasteiger partial charge in [0, 0.05) is 6.42 Å². The Kier molecular flexibility index (Phi) is 4.65. The minimum absolute atomic E-state index is 0.0916. The van der Waals surface area contributed by atoms with Crippen LogP contribution in [-0.4, -0.2) is 16.8 Å². The molecular weight excluding hydrogens is 355 g/mol. The van der Waals surface area contributed by atoms with Gasteiger partial charge in [0.25, 0.3) is 5.91 Å². The predicted octanol–water partition coefficient (Wildman–Crippen LogP) is 4.02. The molecule has 5 heteroatoms. The topological polar surface area (TPSA) is 49.4 Å². The van der Waals surface area contributed by atoms with E-state index in [2.05, 4.69) is 5.32 Å². The van der Waals surface area contributed by atoms with E-state index in [0.29, 0.717) is 12.0 Å². The maximum Gasteiger partial charge on any atom is 0.325 e. The Morgan fingerprint density at radius 3 is 2.04 bits per heavy atom. The summed E-state index contributed by atoms with van der Waals surface area (Å²) in [5.74, 6) is -0.666. The van der Waals surface area contributed by atoms with Crippen LogP contribution < -0.4 is 5.32 Å². The molecule has 4 rings (SSSR count). The van der Waals surface area contributed by atoms with Gasteiger partial charge in [-0.3, -0.25) is 9.69 Å². The smallest absolute Gasteiger partial charge is 0.319 e. The van der Waals surface area contributed by atoms with Crippen molar-refractivity contribution < 1.29 is 14.0 Å². The summed E-state index contributed by atoms with van der Waals surface area (Å²) in [5.41, 5.74) is 1.20. The Hall–Kier alpha value is -3.47. The number of carbonyl (C=O) groups is 2. The molecule has 0 bridgehead atoms. The number of hydrogen-bond acceptors (Lipinski definition) is 2. The fourth-order valence-electron chi connectivity index (χ4n) is 3.58. The SMILES string of the molecule is O=C1N[C@@](Cc2ccccc2)(c2ccccc2)C(=O)N1Cc1ccc(F)cc1. The molecular formula is C23H19FN2O2. The highest BCUT2D eigenvalue weighted by molar-refractivity contribution is 6.07. The van der Waals surface area contributed by atoms with Gasteiger partial charge in [-0.25, -0.2) is 9.18 Å². The van der Waals surface area contributed by atoms with Gasteiger partial charge in [0.15, 0.2) is 5.54 Å². The third kappa shape index (κ3) is 3.27. The van der Waals surface area contributed by atoms with E-state index in [-0.39, 0.29) is 18.3 Å². The molecule has 0 aromatic heterocycles. The number of carbonyl (C=O) groups excluding carboxylic acids is 2. The molecule has 0 saturated carbocycles. The van der Waals surface area contributed by atoms with Gasteiger partial charge in [0.1, 0.15) is 5.82 Å². The lowest BCUT2D eigenvalue weighted by Gasteiger charge is -2.27. The van der Waals surface area contributed by atoms with Crippen LogP contribution >= 0.6 is 0 Å². The maximum absolute atomic E-state index is 13.5. The molecule has 3 aromatic carbocycles. The molecule has 1 heterocycles. The molecule has 4 nitrogen and oxygen atoms in total. The lowest BCUT2D eigenvalue weighted by Crippen LogP contribution is -2.46. The van der Waals surface area contributed by atoms with Crippen LogP contribution in [0.4, 0.5) is 9.18 Å². The molecule has 3 aromatic rings. The molecule has 0 spiro atoms. The van der Waals surface area contributed by atoms with E-state index in [1.807, 2.05) is 60.7 Å². The van der Waals surface area contributed by atoms with Crippen molar-refractivity contribution in [2.75, 3.05) is 0 Å². The zero-order valence-electron chi connectivity index (χ0n) is 15.1. The monoisotopic (exact) mass is 374 g/mol. The molecule has 1 aliphatic heterocycles. The Morgan fingerprint density at radius 2 is 1.39 bits per heavy atom. The Labute approximate surface area is 162 Å². The quantitative estimate of drug-likeness (QED) is 0.686. The molecule has 3 amide bonds. The molecule has 1 atom stereocenters. The number of imide groups is 1. The van der Waals surface area contributed by atoms with Crippen molar-refractivity contribution in [1.82, 2.24) is 10.2 Å². The Bertz CT molecular complexity index is 990. The van der Waals surface area contributed by atoms with Crippen molar-refractivity contribution in [3.63, 3.8) is 0 Å². The summed E-state index contributed by atoms with van der Waals surface area (Å²) in [5, 5.41) is 2.93. The minimum atomic E-state index is -1.17. The van der Waals surface area contributed by atoms with E-state index in [0.717, 1.165) is 11.1 Å². The van der Waals surface area contributed by atoms with Gasteiger partial charge >= 0.3 is 6.03 Å². The van der Waals surface area contributed by atoms with Gasteiger partial charge in [0.2, 0.25) is 0 Å². The van der Waals surface area contributed by atoms with Gasteiger partial charge in [-0.1, -0.05) is 72.8 Å². The predicted molar refractivity (Wildman–Crippen MR) is 104 cm³/mol. The second kappa shape index (κ2) is 7.27. The first kappa shape index (κ1) is 17.9. The highest BCUT2D eigenvalue weighted by Gasteiger charge is 2.52. The maximum atomic E-state index is 13.5. The highest BCUT2D eigenvalue weighted by Crippen LogP contribution is 2.33. The number of amides is 3. The van der Waals surface area contributed by atoms with Crippen LogP contribution in [0.1, 0.15) is 16.7 Å². The Balaban J connectivity index is 1.71. The molecule has 140 valence electrons. The average Bonchev–Trinajstić information content (AvgIpc) is 2.96. The number of rotatable bonds is 5. The van der Waals surface area contributed by atoms with Gasteiger partial charge in [-0.2, -0.15) is 0 Å². The van der Waals surface area contributed by atoms with E-state index in [9.17, 15) is 14.0 Å². The molecule has 1 aliphatic rings. The molecule has 1 saturated heterocycles. The third-order valence-corrected chi connectivity index (χ3v) is 5.01. The molecule has 28 heavy (non-hydrogen) atoms. The van der Waals surface area contributed by atoms with Gasteiger partial charge in [0.05, 0.1) is 6.54 Å². The zero-order valence-corrected chi connectivity index (χ0v) is 15.1. The zero-order chi connectivity index (χ0) is 19.6. The van der Waals surface area contributed by atoms with Crippen molar-refractivity contribution in [2.45, 2.75) is 18.5 Å². The van der Waals surface area contributed by atoms with Crippen molar-refractivity contribution in [1.29, 1.82) is 0 Å². The van der Waals surface area contributed by atoms with Crippen LogP contribution in [0.15, 0.2) is 84.9 Å². The third-order valence-electron chi connectivity index (χ3n) is 5.01. The molecule has 1 N–H and O–H groups in total. The summed E-state index contributed by atoms with van der Waals surface area (Å²) >= 11 is 0. The summed E-state index contributed by atoms with van der Waals surface area (Å²) < 4.78 is 13.2. The van der Waals surface area contributed by atoms with Gasteiger partial charge in [-0.15, -0.1) is 0 Å². The minimum Gasteiger partial charge on any atom is -0.319 e. The number of nitrogens with one attached hydrogen (secondary N) is 1. The van der Waals surface area contributed by atoms with E-state index in [4.69, 9.17) is 0 Å². The van der Waals surface area contributed by atoms with Crippen LogP contribution in [0.2, 0.25) is 0 Å². The number of halogens is 1. The Morgan fingerprint density at radius 1 is 0.786 bits per heavy atom. The summed E-state index contributed by atoms with van der Waals surface area (Å²) in [6.07, 6.45) is 0.350. The van der Waals surface area contributed by atoms with E-state index in [1.165, 1.54) is 17.0 Å². The number of benzene rings is 3. The molecule has 0 aliphatic carbocycles. The van der Waals surface area contributed by atoms with Crippen LogP contribution in [0.3, 0.4) is 0 Å². The fraction of sp³-hybridized carbons (Fsp3) is 0.130. The number of nitrogens with zero attached hydrogens (tertiary/aromatic N) is 1. The molecule has 1 fully saturated rings. The van der Waals surface area contributed by atoms with Gasteiger partial charge < -0.3 is 5.32 Å². The number of urea groups is 1. The largest absolute Gasteiger partial charge is 0.325 e. The van der Waals surface area contributed by atoms with E-state index < -0.39 is 11.6 Å². The summed E-state index contributed by atoms with van der Waals surface area (Å²) in [6.45, 7) is 0.0916. The van der Waals surface area contributed by atoms with Crippen LogP contribution in [0, 0.1) is 5.82 Å². The highest BCUT2D eigenvalue weighted by atomic mass is 19.1. The first-order chi connectivity index (χ1) is 13.6. The number of hydrogen-bond donors (Lipinski definition) is 1. The lowest BCUT2D eigenvalue weighted by atomic mass is 9.83. The van der Waals surface area contributed by atoms with Crippen molar-refractivity contribution in [3.05, 3.63) is 107 Å². The van der Waals surface area contributed by atoms with Crippen LogP contribution in [0.5, 0.6) is 0 Å². The molecule has 0 radical (unpaired) electrons. The van der Waals surface area contributed by atoms with Gasteiger partial charge in [-0.05, 0) is 28.8 Å². The first-order valence-electron chi connectivity index (χ1n) is 9.06. The van der Waals surface area contributed by atoms with E-state index >= 15 is 0 Å². The summed E-state index contributed by atoms with van der Waals surface area (Å²) in [4.78, 5) is 27.4. The standard InChI is InChI=1S/C23H19FN2O2/c24-20-13-11-18(12-14-20)16-26-21(27)23(25-22(26)28,19-9-5-2-6-10-19)15-17-7-3-1-4-8-17/h1-14H,15-16H2,(H,25,28)/t23-/m0/s1. The van der Waals surface area contributed by atoms with Crippen LogP contribution in [0.25, 0.3) is 0 Å². The van der Waals surface area contributed by atoms with Crippen LogP contribution in [-0.2, 0) is 23.3 Å². The second-order valence-electron chi connectivity index (χ2n) is 6.88. The average molecular weight is 374 g/mol. The lowest BCUT2D eigenvalue weighted by molar-refractivity contribution is -0.132. The summed E-state index contributed by atoms with van der Waals surface area (Å²) in [6, 6.07) is 24.2. The van der Waals surface area contributed by atoms with E-state index in [1.54, 1.807) is 12.1 Å². The first-order valence-corrected chi connectivity index (χ1v) is 9.06. The summed E-state index contributed by atoms with van der Waals surface area (Å²) in [7, 11) is 0. The molecule has 0 unspecified atom stereocenters. The fourth-order valence-corrected chi connectivity index (χ4v) is 3.58. The normalized spacial score (nSPS) is 19.0. The van der Waals surface area contributed by atoms with Crippen molar-refractivity contribution in [2.24, 2.45) is 0 Å². The van der Waals surface area contributed by atoms with Crippen molar-refractivity contribution in [3.8, 4) is 0 Å².